The summed E-state index contributed by atoms with van der Waals surface area (Å²) in [5, 5.41) is 6.87. The number of methoxy groups -OCH3 is 1. The first kappa shape index (κ1) is 15.9. The Bertz CT molecular complexity index is 452. The maximum absolute atomic E-state index is 5.52. The van der Waals surface area contributed by atoms with Crippen molar-refractivity contribution in [1.82, 2.24) is 9.97 Å². The quantitative estimate of drug-likeness (QED) is 0.805. The molecule has 0 aliphatic heterocycles. The third-order valence-corrected chi connectivity index (χ3v) is 4.62. The van der Waals surface area contributed by atoms with Crippen LogP contribution in [0.4, 0.5) is 11.6 Å². The van der Waals surface area contributed by atoms with E-state index in [1.54, 1.807) is 13.4 Å². The van der Waals surface area contributed by atoms with E-state index in [9.17, 15) is 0 Å². The smallest absolute Gasteiger partial charge is 0.204 e. The lowest BCUT2D eigenvalue weighted by molar-refractivity contribution is 0.388. The van der Waals surface area contributed by atoms with Crippen LogP contribution in [0.5, 0.6) is 5.75 Å². The summed E-state index contributed by atoms with van der Waals surface area (Å²) in [5.74, 6) is 3.78. The van der Waals surface area contributed by atoms with E-state index < -0.39 is 0 Å². The third kappa shape index (κ3) is 3.57. The molecule has 1 saturated carbocycles. The highest BCUT2D eigenvalue weighted by molar-refractivity contribution is 5.63. The van der Waals surface area contributed by atoms with E-state index in [-0.39, 0.29) is 0 Å². The number of aromatic nitrogens is 2. The van der Waals surface area contributed by atoms with E-state index in [0.717, 1.165) is 36.3 Å². The number of hydrogen-bond donors (Lipinski definition) is 2. The molecule has 5 heteroatoms. The first-order chi connectivity index (χ1) is 10.2. The van der Waals surface area contributed by atoms with Gasteiger partial charge < -0.3 is 15.4 Å². The van der Waals surface area contributed by atoms with E-state index in [0.29, 0.717) is 12.0 Å². The van der Waals surface area contributed by atoms with Crippen LogP contribution in [0.25, 0.3) is 0 Å². The van der Waals surface area contributed by atoms with Gasteiger partial charge >= 0.3 is 0 Å². The molecular formula is C16H28N4O. The van der Waals surface area contributed by atoms with Crippen molar-refractivity contribution in [3.8, 4) is 5.75 Å². The topological polar surface area (TPSA) is 59.1 Å². The molecule has 2 N–H and O–H groups in total. The Kier molecular flexibility index (Phi) is 5.65. The Morgan fingerprint density at radius 1 is 1.24 bits per heavy atom. The molecule has 21 heavy (non-hydrogen) atoms. The first-order valence-corrected chi connectivity index (χ1v) is 8.10. The molecule has 2 rings (SSSR count). The van der Waals surface area contributed by atoms with Gasteiger partial charge in [-0.25, -0.2) is 9.97 Å². The van der Waals surface area contributed by atoms with Crippen molar-refractivity contribution < 1.29 is 4.74 Å². The third-order valence-electron chi connectivity index (χ3n) is 4.62. The molecule has 1 heterocycles. The van der Waals surface area contributed by atoms with Crippen molar-refractivity contribution in [2.45, 2.75) is 52.5 Å². The number of rotatable bonds is 7. The average molecular weight is 292 g/mol. The highest BCUT2D eigenvalue weighted by atomic mass is 16.5. The van der Waals surface area contributed by atoms with Gasteiger partial charge in [0, 0.05) is 12.6 Å². The van der Waals surface area contributed by atoms with Crippen molar-refractivity contribution in [2.24, 2.45) is 11.8 Å². The molecule has 1 aliphatic carbocycles. The van der Waals surface area contributed by atoms with Gasteiger partial charge in [-0.05, 0) is 31.1 Å². The molecular weight excluding hydrogens is 264 g/mol. The molecule has 3 atom stereocenters. The van der Waals surface area contributed by atoms with E-state index in [2.05, 4.69) is 41.4 Å². The van der Waals surface area contributed by atoms with Gasteiger partial charge in [0.2, 0.25) is 5.75 Å². The van der Waals surface area contributed by atoms with Crippen LogP contribution in [0, 0.1) is 11.8 Å². The van der Waals surface area contributed by atoms with Crippen LogP contribution in [0.1, 0.15) is 46.5 Å². The van der Waals surface area contributed by atoms with E-state index >= 15 is 0 Å². The van der Waals surface area contributed by atoms with Crippen LogP contribution in [-0.4, -0.2) is 29.7 Å². The molecule has 1 aromatic rings. The van der Waals surface area contributed by atoms with Crippen LogP contribution < -0.4 is 15.4 Å². The zero-order valence-electron chi connectivity index (χ0n) is 13.6. The fourth-order valence-corrected chi connectivity index (χ4v) is 3.24. The summed E-state index contributed by atoms with van der Waals surface area (Å²) < 4.78 is 5.52. The SMILES string of the molecule is CCCNc1ncnc(NC2CCC(CC)C2C)c1OC. The number of hydrogen-bond acceptors (Lipinski definition) is 5. The highest BCUT2D eigenvalue weighted by Crippen LogP contribution is 2.37. The summed E-state index contributed by atoms with van der Waals surface area (Å²) in [6, 6.07) is 0.470. The molecule has 0 saturated heterocycles. The summed E-state index contributed by atoms with van der Waals surface area (Å²) in [4.78, 5) is 8.67. The monoisotopic (exact) mass is 292 g/mol. The van der Waals surface area contributed by atoms with Crippen molar-refractivity contribution in [1.29, 1.82) is 0 Å². The molecule has 3 unspecified atom stereocenters. The Morgan fingerprint density at radius 3 is 2.62 bits per heavy atom. The predicted octanol–water partition coefficient (Wildman–Crippen LogP) is 3.54. The van der Waals surface area contributed by atoms with E-state index in [4.69, 9.17) is 4.74 Å². The summed E-state index contributed by atoms with van der Waals surface area (Å²) in [5.41, 5.74) is 0. The maximum atomic E-state index is 5.52. The standard InChI is InChI=1S/C16H28N4O/c1-5-9-17-15-14(21-4)16(19-10-18-15)20-13-8-7-12(6-2)11(13)3/h10-13H,5-9H2,1-4H3,(H2,17,18,19,20). The largest absolute Gasteiger partial charge is 0.490 e. The second kappa shape index (κ2) is 7.48. The molecule has 1 aromatic heterocycles. The lowest BCUT2D eigenvalue weighted by atomic mass is 9.93. The fraction of sp³-hybridized carbons (Fsp3) is 0.750. The van der Waals surface area contributed by atoms with Crippen molar-refractivity contribution >= 4 is 11.6 Å². The van der Waals surface area contributed by atoms with Crippen LogP contribution in [0.2, 0.25) is 0 Å². The Balaban J connectivity index is 2.12. The van der Waals surface area contributed by atoms with E-state index in [1.807, 2.05) is 0 Å². The normalized spacial score (nSPS) is 24.9. The Morgan fingerprint density at radius 2 is 2.00 bits per heavy atom. The van der Waals surface area contributed by atoms with Gasteiger partial charge in [0.05, 0.1) is 7.11 Å². The summed E-state index contributed by atoms with van der Waals surface area (Å²) in [7, 11) is 1.67. The molecule has 5 nitrogen and oxygen atoms in total. The van der Waals surface area contributed by atoms with Crippen molar-refractivity contribution in [3.63, 3.8) is 0 Å². The highest BCUT2D eigenvalue weighted by Gasteiger charge is 2.32. The number of nitrogens with zero attached hydrogens (tertiary/aromatic N) is 2. The molecule has 0 spiro atoms. The zero-order valence-corrected chi connectivity index (χ0v) is 13.6. The number of anilines is 2. The minimum Gasteiger partial charge on any atom is -0.490 e. The molecule has 0 radical (unpaired) electrons. The van der Waals surface area contributed by atoms with Gasteiger partial charge in [-0.2, -0.15) is 0 Å². The minimum atomic E-state index is 0.470. The zero-order chi connectivity index (χ0) is 15.2. The van der Waals surface area contributed by atoms with Gasteiger partial charge in [-0.15, -0.1) is 0 Å². The predicted molar refractivity (Wildman–Crippen MR) is 87.0 cm³/mol. The van der Waals surface area contributed by atoms with E-state index in [1.165, 1.54) is 19.3 Å². The first-order valence-electron chi connectivity index (χ1n) is 8.10. The van der Waals surface area contributed by atoms with Gasteiger partial charge in [-0.3, -0.25) is 0 Å². The summed E-state index contributed by atoms with van der Waals surface area (Å²) >= 11 is 0. The van der Waals surface area contributed by atoms with Gasteiger partial charge in [0.1, 0.15) is 6.33 Å². The summed E-state index contributed by atoms with van der Waals surface area (Å²) in [6.45, 7) is 7.62. The minimum absolute atomic E-state index is 0.470. The van der Waals surface area contributed by atoms with Crippen molar-refractivity contribution in [2.75, 3.05) is 24.3 Å². The Hall–Kier alpha value is -1.52. The molecule has 118 valence electrons. The molecule has 1 aliphatic rings. The van der Waals surface area contributed by atoms with Gasteiger partial charge in [0.15, 0.2) is 11.6 Å². The lowest BCUT2D eigenvalue weighted by Crippen LogP contribution is -2.25. The fourth-order valence-electron chi connectivity index (χ4n) is 3.24. The summed E-state index contributed by atoms with van der Waals surface area (Å²) in [6.07, 6.45) is 6.39. The lowest BCUT2D eigenvalue weighted by Gasteiger charge is -2.23. The van der Waals surface area contributed by atoms with Crippen molar-refractivity contribution in [3.05, 3.63) is 6.33 Å². The molecule has 0 amide bonds. The molecule has 0 aromatic carbocycles. The number of ether oxygens (including phenoxy) is 1. The molecule has 1 fully saturated rings. The second-order valence-electron chi connectivity index (χ2n) is 5.89. The maximum Gasteiger partial charge on any atom is 0.204 e. The van der Waals surface area contributed by atoms with Gasteiger partial charge in [0.25, 0.3) is 0 Å². The second-order valence-corrected chi connectivity index (χ2v) is 5.89. The average Bonchev–Trinajstić information content (AvgIpc) is 2.85. The molecule has 0 bridgehead atoms. The van der Waals surface area contributed by atoms with Crippen LogP contribution in [0.15, 0.2) is 6.33 Å². The van der Waals surface area contributed by atoms with Crippen LogP contribution in [0.3, 0.4) is 0 Å². The number of nitrogens with one attached hydrogen (secondary N) is 2. The van der Waals surface area contributed by atoms with Gasteiger partial charge in [-0.1, -0.05) is 27.2 Å². The Labute approximate surface area is 127 Å². The van der Waals surface area contributed by atoms with Crippen LogP contribution >= 0.6 is 0 Å². The van der Waals surface area contributed by atoms with Crippen LogP contribution in [-0.2, 0) is 0 Å².